The van der Waals surface area contributed by atoms with Crippen molar-refractivity contribution in [3.63, 3.8) is 0 Å². The number of pyridine rings is 2. The molecular formula is C54H46Cl2F4N12O3. The number of fused-ring (bicyclic) bond motifs is 2. The van der Waals surface area contributed by atoms with Gasteiger partial charge in [-0.25, -0.2) is 47.5 Å². The second-order valence-electron chi connectivity index (χ2n) is 18.1. The van der Waals surface area contributed by atoms with E-state index in [4.69, 9.17) is 27.9 Å². The molecule has 11 rings (SSSR count). The summed E-state index contributed by atoms with van der Waals surface area (Å²) < 4.78 is 62.8. The third-order valence-corrected chi connectivity index (χ3v) is 13.4. The Morgan fingerprint density at radius 1 is 0.613 bits per heavy atom. The maximum absolute atomic E-state index is 14.7. The lowest BCUT2D eigenvalue weighted by molar-refractivity contribution is 0.0669. The molecule has 0 aliphatic carbocycles. The van der Waals surface area contributed by atoms with E-state index in [9.17, 15) is 27.2 Å². The molecule has 382 valence electrons. The highest BCUT2D eigenvalue weighted by Gasteiger charge is 2.29. The van der Waals surface area contributed by atoms with Gasteiger partial charge < -0.3 is 35.1 Å². The molecule has 0 saturated carbocycles. The van der Waals surface area contributed by atoms with E-state index in [1.807, 2.05) is 47.4 Å². The highest BCUT2D eigenvalue weighted by atomic mass is 35.5. The average molecular weight is 1060 g/mol. The van der Waals surface area contributed by atoms with Crippen molar-refractivity contribution in [2.45, 2.75) is 25.7 Å². The number of piperidine rings is 2. The number of nitrogens with zero attached hydrogens (tertiary/aromatic N) is 8. The van der Waals surface area contributed by atoms with Crippen LogP contribution in [0.5, 0.6) is 11.5 Å². The quantitative estimate of drug-likeness (QED) is 0.0854. The third kappa shape index (κ3) is 11.6. The van der Waals surface area contributed by atoms with Crippen LogP contribution >= 0.6 is 23.2 Å². The minimum atomic E-state index is -0.763. The Bertz CT molecular complexity index is 3530. The largest absolute Gasteiger partial charge is 0.457 e. The van der Waals surface area contributed by atoms with Crippen LogP contribution in [0, 0.1) is 35.1 Å². The predicted octanol–water partition coefficient (Wildman–Crippen LogP) is 11.6. The number of H-pyrrole nitrogens is 2. The number of carbonyl (C=O) groups is 2. The lowest BCUT2D eigenvalue weighted by Gasteiger charge is -2.33. The van der Waals surface area contributed by atoms with Crippen molar-refractivity contribution < 1.29 is 31.9 Å². The van der Waals surface area contributed by atoms with Crippen LogP contribution in [0.25, 0.3) is 44.8 Å². The summed E-state index contributed by atoms with van der Waals surface area (Å²) in [4.78, 5) is 61.2. The van der Waals surface area contributed by atoms with Crippen LogP contribution in [0.2, 0.25) is 10.0 Å². The summed E-state index contributed by atoms with van der Waals surface area (Å²) >= 11 is 12.2. The topological polar surface area (TPSA) is 183 Å². The Morgan fingerprint density at radius 2 is 1.13 bits per heavy atom. The van der Waals surface area contributed by atoms with Gasteiger partial charge in [-0.1, -0.05) is 53.5 Å². The number of aromatic nitrogens is 8. The van der Waals surface area contributed by atoms with Gasteiger partial charge >= 0.3 is 0 Å². The van der Waals surface area contributed by atoms with Gasteiger partial charge in [-0.15, -0.1) is 0 Å². The first-order chi connectivity index (χ1) is 36.4. The molecule has 2 aliphatic heterocycles. The molecule has 75 heavy (non-hydrogen) atoms. The van der Waals surface area contributed by atoms with Gasteiger partial charge in [0.15, 0.2) is 34.9 Å². The Hall–Kier alpha value is -8.16. The number of nitrogens with one attached hydrogen (secondary N) is 4. The number of likely N-dealkylation sites (tertiary alicyclic amines) is 2. The molecule has 0 radical (unpaired) electrons. The van der Waals surface area contributed by atoms with E-state index in [1.54, 1.807) is 42.9 Å². The first-order valence-electron chi connectivity index (χ1n) is 24.1. The van der Waals surface area contributed by atoms with Crippen LogP contribution in [-0.4, -0.2) is 101 Å². The van der Waals surface area contributed by atoms with Gasteiger partial charge in [-0.2, -0.15) is 0 Å². The molecule has 0 unspecified atom stereocenters. The smallest absolute Gasteiger partial charge is 0.257 e. The Balaban J connectivity index is 0.000000173. The van der Waals surface area contributed by atoms with Crippen molar-refractivity contribution in [1.82, 2.24) is 49.7 Å². The fraction of sp³-hybridized carbons (Fsp3) is 0.222. The predicted molar refractivity (Wildman–Crippen MR) is 278 cm³/mol. The van der Waals surface area contributed by atoms with Crippen molar-refractivity contribution in [3.8, 4) is 34.3 Å². The Labute approximate surface area is 436 Å². The van der Waals surface area contributed by atoms with Crippen molar-refractivity contribution in [3.05, 3.63) is 167 Å². The lowest BCUT2D eigenvalue weighted by Crippen LogP contribution is -2.42. The number of para-hydroxylation sites is 2. The second-order valence-corrected chi connectivity index (χ2v) is 19.0. The number of amides is 2. The van der Waals surface area contributed by atoms with E-state index in [0.717, 1.165) is 55.2 Å². The summed E-state index contributed by atoms with van der Waals surface area (Å²) in [6, 6.07) is 23.0. The van der Waals surface area contributed by atoms with Gasteiger partial charge in [-0.05, 0) is 92.1 Å². The van der Waals surface area contributed by atoms with E-state index in [1.165, 1.54) is 11.1 Å². The number of hydrogen-bond donors (Lipinski definition) is 4. The summed E-state index contributed by atoms with van der Waals surface area (Å²) in [6.45, 7) is 2.75. The molecule has 0 bridgehead atoms. The number of aromatic amines is 2. The molecule has 2 amide bonds. The van der Waals surface area contributed by atoms with Crippen LogP contribution in [0.15, 0.2) is 122 Å². The van der Waals surface area contributed by atoms with Gasteiger partial charge in [0.25, 0.3) is 11.8 Å². The molecule has 2 fully saturated rings. The molecule has 15 nitrogen and oxygen atoms in total. The second kappa shape index (κ2) is 22.5. The molecule has 6 aromatic heterocycles. The van der Waals surface area contributed by atoms with Crippen LogP contribution in [-0.2, 0) is 0 Å². The van der Waals surface area contributed by atoms with Crippen molar-refractivity contribution in [2.75, 3.05) is 49.9 Å². The number of hydrogen-bond acceptors (Lipinski definition) is 11. The zero-order chi connectivity index (χ0) is 52.0. The van der Waals surface area contributed by atoms with Crippen molar-refractivity contribution in [1.29, 1.82) is 0 Å². The number of ether oxygens (including phenoxy) is 1. The normalized spacial score (nSPS) is 15.6. The summed E-state index contributed by atoms with van der Waals surface area (Å²) in [5.41, 5.74) is 2.78. The van der Waals surface area contributed by atoms with Gasteiger partial charge in [0.1, 0.15) is 34.4 Å². The average Bonchev–Trinajstić information content (AvgIpc) is 4.06. The number of carbonyl (C=O) groups excluding carboxylic acids is 2. The molecule has 0 spiro atoms. The maximum atomic E-state index is 14.7. The van der Waals surface area contributed by atoms with Gasteiger partial charge in [0, 0.05) is 86.0 Å². The van der Waals surface area contributed by atoms with Crippen molar-refractivity contribution in [2.24, 2.45) is 11.8 Å². The standard InChI is InChI=1S/C30H26ClFN6O2.C24H20ClF3N6O/c31-20-13-23-24(16-35-27(23)34-15-20)28-36-17-25(32)29(37-28)33-14-19-7-6-12-38(18-19)30(39)22-10-4-5-11-26(22)40-21-8-2-1-3-9-21;25-14-6-16-18(10-31-21(16)30-9-14)22-32-11-20(28)23(33-22)29-8-13-2-1-5-34(12-13)24(35)17-7-15(26)3-4-19(17)27/h1-5,8-11,13,15-17,19H,6-7,12,14,18H2,(H,34,35)(H,33,36,37);3-4,6-7,9-11,13H,1-2,5,8,12H2,(H,30,31)(H,29,32,33)/t19-;13-/m11/s1. The zero-order valence-corrected chi connectivity index (χ0v) is 41.4. The zero-order valence-electron chi connectivity index (χ0n) is 39.8. The van der Waals surface area contributed by atoms with Crippen molar-refractivity contribution >= 4 is 68.7 Å². The SMILES string of the molecule is O=C(c1cc(F)ccc1F)N1CCC[C@H](CNc2nc(-c3c[nH]c4ncc(Cl)cc34)ncc2F)C1.O=C(c1ccccc1Oc1ccccc1)N1CCC[C@H](CNc2nc(-c3c[nH]c4ncc(Cl)cc34)ncc2F)C1. The van der Waals surface area contributed by atoms with Crippen LogP contribution in [0.3, 0.4) is 0 Å². The highest BCUT2D eigenvalue weighted by Crippen LogP contribution is 2.32. The summed E-state index contributed by atoms with van der Waals surface area (Å²) in [7, 11) is 0. The minimum Gasteiger partial charge on any atom is -0.457 e. The maximum Gasteiger partial charge on any atom is 0.257 e. The van der Waals surface area contributed by atoms with Crippen LogP contribution < -0.4 is 15.4 Å². The molecule has 9 aromatic rings. The van der Waals surface area contributed by atoms with Gasteiger partial charge in [0.2, 0.25) is 0 Å². The number of anilines is 2. The summed E-state index contributed by atoms with van der Waals surface area (Å²) in [6.07, 6.45) is 12.0. The summed E-state index contributed by atoms with van der Waals surface area (Å²) in [5.74, 6) is -1.18. The monoisotopic (exact) mass is 1060 g/mol. The Kier molecular flexibility index (Phi) is 15.1. The summed E-state index contributed by atoms with van der Waals surface area (Å²) in [5, 5.41) is 8.56. The van der Waals surface area contributed by atoms with E-state index < -0.39 is 29.2 Å². The fourth-order valence-corrected chi connectivity index (χ4v) is 9.55. The Morgan fingerprint density at radius 3 is 1.69 bits per heavy atom. The molecule has 2 atom stereocenters. The molecule has 2 aliphatic rings. The molecule has 4 N–H and O–H groups in total. The van der Waals surface area contributed by atoms with Crippen LogP contribution in [0.1, 0.15) is 46.4 Å². The molecule has 8 heterocycles. The van der Waals surface area contributed by atoms with E-state index in [-0.39, 0.29) is 34.9 Å². The first kappa shape index (κ1) is 50.4. The number of rotatable bonds is 12. The van der Waals surface area contributed by atoms with E-state index >= 15 is 0 Å². The van der Waals surface area contributed by atoms with E-state index in [2.05, 4.69) is 50.5 Å². The molecular weight excluding hydrogens is 1010 g/mol. The fourth-order valence-electron chi connectivity index (χ4n) is 9.23. The van der Waals surface area contributed by atoms with E-state index in [0.29, 0.717) is 112 Å². The number of halogens is 6. The van der Waals surface area contributed by atoms with Crippen LogP contribution in [0.4, 0.5) is 29.2 Å². The highest BCUT2D eigenvalue weighted by molar-refractivity contribution is 6.31. The molecule has 21 heteroatoms. The molecule has 2 saturated heterocycles. The van der Waals surface area contributed by atoms with Gasteiger partial charge in [0.05, 0.1) is 33.6 Å². The third-order valence-electron chi connectivity index (χ3n) is 12.9. The lowest BCUT2D eigenvalue weighted by atomic mass is 9.97. The number of benzene rings is 3. The first-order valence-corrected chi connectivity index (χ1v) is 24.8. The van der Waals surface area contributed by atoms with Gasteiger partial charge in [-0.3, -0.25) is 9.59 Å². The molecule has 3 aromatic carbocycles. The minimum absolute atomic E-state index is 0.0268.